The van der Waals surface area contributed by atoms with Crippen LogP contribution >= 0.6 is 6.04 Å². The van der Waals surface area contributed by atoms with Crippen molar-refractivity contribution in [3.8, 4) is 17.3 Å². The Bertz CT molecular complexity index is 431. The summed E-state index contributed by atoms with van der Waals surface area (Å²) in [5.41, 5.74) is 4.30. The quantitative estimate of drug-likeness (QED) is 0.601. The van der Waals surface area contributed by atoms with Crippen molar-refractivity contribution in [1.82, 2.24) is 0 Å². The van der Waals surface area contributed by atoms with Crippen LogP contribution in [0.1, 0.15) is 19.4 Å². The van der Waals surface area contributed by atoms with E-state index in [0.29, 0.717) is 0 Å². The smallest absolute Gasteiger partial charge is 0.118 e. The Labute approximate surface area is 103 Å². The Kier molecular flexibility index (Phi) is 5.06. The Balaban J connectivity index is 2.88. The van der Waals surface area contributed by atoms with Gasteiger partial charge in [-0.2, -0.15) is 0 Å². The highest BCUT2D eigenvalue weighted by Gasteiger charge is 2.06. The summed E-state index contributed by atoms with van der Waals surface area (Å²) in [4.78, 5) is 0. The van der Waals surface area contributed by atoms with E-state index < -0.39 is 6.04 Å². The first-order chi connectivity index (χ1) is 7.63. The van der Waals surface area contributed by atoms with Crippen molar-refractivity contribution >= 4 is 17.8 Å². The van der Waals surface area contributed by atoms with Gasteiger partial charge in [-0.25, -0.2) is 0 Å². The lowest BCUT2D eigenvalue weighted by Gasteiger charge is -2.08. The molecule has 0 saturated carbocycles. The summed E-state index contributed by atoms with van der Waals surface area (Å²) >= 11 is 5.56. The maximum atomic E-state index is 5.56. The van der Waals surface area contributed by atoms with Crippen molar-refractivity contribution in [2.24, 2.45) is 0 Å². The zero-order valence-corrected chi connectivity index (χ0v) is 11.7. The monoisotopic (exact) mass is 252 g/mol. The molecule has 0 aliphatic heterocycles. The third kappa shape index (κ3) is 3.67. The van der Waals surface area contributed by atoms with Crippen LogP contribution < -0.4 is 4.74 Å². The number of rotatable bonds is 3. The van der Waals surface area contributed by atoms with Crippen molar-refractivity contribution in [3.63, 3.8) is 0 Å². The van der Waals surface area contributed by atoms with E-state index in [1.54, 1.807) is 7.11 Å². The third-order valence-electron chi connectivity index (χ3n) is 2.52. The maximum absolute atomic E-state index is 5.56. The lowest BCUT2D eigenvalue weighted by atomic mass is 10.2. The van der Waals surface area contributed by atoms with Gasteiger partial charge in [0.2, 0.25) is 0 Å². The number of ether oxygens (including phenoxy) is 1. The summed E-state index contributed by atoms with van der Waals surface area (Å²) in [5.74, 6) is 4.04. The molecule has 0 spiro atoms. The lowest BCUT2D eigenvalue weighted by molar-refractivity contribution is 0.415. The highest BCUT2D eigenvalue weighted by atomic mass is 32.4. The van der Waals surface area contributed by atoms with Gasteiger partial charge in [0, 0.05) is 11.6 Å². The molecule has 0 saturated heterocycles. The summed E-state index contributed by atoms with van der Waals surface area (Å²) in [6.07, 6.45) is 2.03. The van der Waals surface area contributed by atoms with Gasteiger partial charge in [0.1, 0.15) is 5.75 Å². The van der Waals surface area contributed by atoms with E-state index in [4.69, 9.17) is 16.5 Å². The SMILES string of the molecule is CCP(=S)(C#Cc1ccc(OC)cc1)CC. The van der Waals surface area contributed by atoms with E-state index in [0.717, 1.165) is 23.6 Å². The molecule has 0 amide bonds. The first-order valence-corrected chi connectivity index (χ1v) is 8.56. The average Bonchev–Trinajstić information content (AvgIpc) is 2.36. The Morgan fingerprint density at radius 3 is 2.19 bits per heavy atom. The number of hydrogen-bond acceptors (Lipinski definition) is 2. The van der Waals surface area contributed by atoms with Gasteiger partial charge >= 0.3 is 0 Å². The number of hydrogen-bond donors (Lipinski definition) is 0. The minimum Gasteiger partial charge on any atom is -0.497 e. The highest BCUT2D eigenvalue weighted by Crippen LogP contribution is 2.43. The van der Waals surface area contributed by atoms with E-state index >= 15 is 0 Å². The normalized spacial score (nSPS) is 10.4. The second-order valence-corrected chi connectivity index (χ2v) is 8.85. The summed E-state index contributed by atoms with van der Waals surface area (Å²) in [7, 11) is 1.66. The highest BCUT2D eigenvalue weighted by molar-refractivity contribution is 8.17. The minimum atomic E-state index is -1.42. The van der Waals surface area contributed by atoms with Crippen molar-refractivity contribution in [1.29, 1.82) is 0 Å². The molecule has 16 heavy (non-hydrogen) atoms. The topological polar surface area (TPSA) is 9.23 Å². The van der Waals surface area contributed by atoms with Crippen LogP contribution in [0.15, 0.2) is 24.3 Å². The van der Waals surface area contributed by atoms with Crippen LogP contribution in [-0.2, 0) is 11.8 Å². The second-order valence-electron chi connectivity index (χ2n) is 3.49. The Morgan fingerprint density at radius 2 is 1.75 bits per heavy atom. The minimum absolute atomic E-state index is 0.857. The fraction of sp³-hybridized carbons (Fsp3) is 0.385. The van der Waals surface area contributed by atoms with Gasteiger partial charge < -0.3 is 4.74 Å². The van der Waals surface area contributed by atoms with Crippen LogP contribution in [0.5, 0.6) is 5.75 Å². The molecule has 0 radical (unpaired) electrons. The van der Waals surface area contributed by atoms with E-state index in [9.17, 15) is 0 Å². The second kappa shape index (κ2) is 6.09. The summed E-state index contributed by atoms with van der Waals surface area (Å²) < 4.78 is 5.10. The molecule has 1 aromatic rings. The van der Waals surface area contributed by atoms with Crippen molar-refractivity contribution in [3.05, 3.63) is 29.8 Å². The standard InChI is InChI=1S/C13H17OPS/c1-4-15(16,5-2)11-10-12-6-8-13(14-3)9-7-12/h6-9H,4-5H2,1-3H3. The zero-order chi connectivity index (χ0) is 12.0. The molecule has 0 atom stereocenters. The maximum Gasteiger partial charge on any atom is 0.118 e. The van der Waals surface area contributed by atoms with Crippen LogP contribution in [-0.4, -0.2) is 19.4 Å². The molecule has 1 aromatic carbocycles. The summed E-state index contributed by atoms with van der Waals surface area (Å²) in [6, 6.07) is 6.36. The molecular formula is C13H17OPS. The van der Waals surface area contributed by atoms with Gasteiger partial charge in [0.15, 0.2) is 0 Å². The van der Waals surface area contributed by atoms with Gasteiger partial charge in [-0.15, -0.1) is 0 Å². The molecule has 0 aliphatic rings. The molecule has 0 heterocycles. The lowest BCUT2D eigenvalue weighted by Crippen LogP contribution is -1.85. The molecule has 0 fully saturated rings. The first kappa shape index (κ1) is 13.3. The zero-order valence-electron chi connectivity index (χ0n) is 9.99. The van der Waals surface area contributed by atoms with Crippen molar-refractivity contribution in [2.75, 3.05) is 19.4 Å². The first-order valence-electron chi connectivity index (χ1n) is 5.39. The Hall–Kier alpha value is -0.770. The summed E-state index contributed by atoms with van der Waals surface area (Å²) in [6.45, 7) is 4.26. The van der Waals surface area contributed by atoms with Crippen LogP contribution in [0, 0.1) is 11.6 Å². The predicted octanol–water partition coefficient (Wildman–Crippen LogP) is 3.52. The fourth-order valence-electron chi connectivity index (χ4n) is 1.22. The largest absolute Gasteiger partial charge is 0.497 e. The van der Waals surface area contributed by atoms with Crippen molar-refractivity contribution in [2.45, 2.75) is 13.8 Å². The molecule has 0 bridgehead atoms. The molecule has 86 valence electrons. The molecule has 0 unspecified atom stereocenters. The van der Waals surface area contributed by atoms with E-state index in [-0.39, 0.29) is 0 Å². The van der Waals surface area contributed by atoms with Crippen LogP contribution in [0.2, 0.25) is 0 Å². The number of methoxy groups -OCH3 is 1. The predicted molar refractivity (Wildman–Crippen MR) is 75.2 cm³/mol. The third-order valence-corrected chi connectivity index (χ3v) is 6.90. The van der Waals surface area contributed by atoms with Crippen molar-refractivity contribution < 1.29 is 4.74 Å². The molecule has 1 rings (SSSR count). The molecule has 0 aromatic heterocycles. The van der Waals surface area contributed by atoms with Crippen LogP contribution in [0.4, 0.5) is 0 Å². The summed E-state index contributed by atoms with van der Waals surface area (Å²) in [5, 5.41) is 0. The molecule has 0 aliphatic carbocycles. The van der Waals surface area contributed by atoms with E-state index in [1.165, 1.54) is 0 Å². The van der Waals surface area contributed by atoms with Gasteiger partial charge in [0.05, 0.1) is 7.11 Å². The van der Waals surface area contributed by atoms with Crippen LogP contribution in [0.25, 0.3) is 0 Å². The van der Waals surface area contributed by atoms with Gasteiger partial charge in [-0.05, 0) is 36.6 Å². The molecule has 0 N–H and O–H groups in total. The molecule has 3 heteroatoms. The van der Waals surface area contributed by atoms with E-state index in [2.05, 4.69) is 25.4 Å². The molecule has 1 nitrogen and oxygen atoms in total. The van der Waals surface area contributed by atoms with Gasteiger partial charge in [0.25, 0.3) is 0 Å². The molecular weight excluding hydrogens is 235 g/mol. The number of benzene rings is 1. The fourth-order valence-corrected chi connectivity index (χ4v) is 2.46. The van der Waals surface area contributed by atoms with E-state index in [1.807, 2.05) is 24.3 Å². The van der Waals surface area contributed by atoms with Gasteiger partial charge in [-0.3, -0.25) is 0 Å². The van der Waals surface area contributed by atoms with Crippen LogP contribution in [0.3, 0.4) is 0 Å². The average molecular weight is 252 g/mol. The van der Waals surface area contributed by atoms with Gasteiger partial charge in [-0.1, -0.05) is 37.2 Å². The Morgan fingerprint density at radius 1 is 1.19 bits per heavy atom.